The molecule has 0 unspecified atom stereocenters. The van der Waals surface area contributed by atoms with Gasteiger partial charge in [0.15, 0.2) is 0 Å². The third kappa shape index (κ3) is 3.74. The molecule has 2 N–H and O–H groups in total. The first-order valence-electron chi connectivity index (χ1n) is 4.47. The molecule has 0 spiro atoms. The highest BCUT2D eigenvalue weighted by Gasteiger charge is 2.08. The van der Waals surface area contributed by atoms with Gasteiger partial charge < -0.3 is 10.4 Å². The van der Waals surface area contributed by atoms with Crippen LogP contribution in [0, 0.1) is 6.92 Å². The second-order valence-electron chi connectivity index (χ2n) is 3.15. The summed E-state index contributed by atoms with van der Waals surface area (Å²) in [5.41, 5.74) is 1.62. The minimum atomic E-state index is -1.26. The van der Waals surface area contributed by atoms with Gasteiger partial charge in [0.05, 0.1) is 0 Å². The van der Waals surface area contributed by atoms with Crippen LogP contribution in [0.15, 0.2) is 35.4 Å². The normalized spacial score (nSPS) is 11.0. The number of anilines is 1. The van der Waals surface area contributed by atoms with Crippen molar-refractivity contribution in [3.8, 4) is 0 Å². The van der Waals surface area contributed by atoms with E-state index in [2.05, 4.69) is 5.32 Å². The molecule has 0 aliphatic rings. The molecule has 0 fully saturated rings. The van der Waals surface area contributed by atoms with Crippen molar-refractivity contribution in [1.82, 2.24) is 0 Å². The molecule has 1 aromatic carbocycles. The van der Waals surface area contributed by atoms with Crippen molar-refractivity contribution >= 4 is 29.2 Å². The monoisotopic (exact) mass is 239 g/mol. The standard InChI is InChI=1S/C11H10ClNO3/c1-7-2-4-8(5-3-7)13-11(16)9(12)6-10(14)15/h2-6H,1H3,(H,13,16)(H,14,15). The minimum absolute atomic E-state index is 0.368. The molecule has 0 aliphatic heterocycles. The van der Waals surface area contributed by atoms with Crippen molar-refractivity contribution in [1.29, 1.82) is 0 Å². The Labute approximate surface area is 97.5 Å². The highest BCUT2D eigenvalue weighted by atomic mass is 35.5. The van der Waals surface area contributed by atoms with Gasteiger partial charge in [-0.3, -0.25) is 4.79 Å². The summed E-state index contributed by atoms with van der Waals surface area (Å²) in [6.07, 6.45) is 0.644. The molecule has 1 rings (SSSR count). The third-order valence-corrected chi connectivity index (χ3v) is 2.06. The van der Waals surface area contributed by atoms with Gasteiger partial charge in [-0.2, -0.15) is 0 Å². The maximum absolute atomic E-state index is 11.4. The van der Waals surface area contributed by atoms with E-state index < -0.39 is 11.9 Å². The van der Waals surface area contributed by atoms with Crippen molar-refractivity contribution in [2.24, 2.45) is 0 Å². The lowest BCUT2D eigenvalue weighted by molar-refractivity contribution is -0.131. The molecule has 0 aliphatic carbocycles. The number of rotatable bonds is 3. The Kier molecular flexibility index (Phi) is 4.08. The first-order chi connectivity index (χ1) is 7.49. The Morgan fingerprint density at radius 2 is 1.88 bits per heavy atom. The Balaban J connectivity index is 2.71. The van der Waals surface area contributed by atoms with E-state index in [1.165, 1.54) is 0 Å². The molecule has 0 atom stereocenters. The minimum Gasteiger partial charge on any atom is -0.478 e. The molecule has 0 saturated carbocycles. The topological polar surface area (TPSA) is 66.4 Å². The lowest BCUT2D eigenvalue weighted by atomic mass is 10.2. The molecule has 1 aromatic rings. The van der Waals surface area contributed by atoms with E-state index in [1.54, 1.807) is 12.1 Å². The first-order valence-corrected chi connectivity index (χ1v) is 4.85. The van der Waals surface area contributed by atoms with Crippen LogP contribution in [0.4, 0.5) is 5.69 Å². The number of amides is 1. The lowest BCUT2D eigenvalue weighted by Gasteiger charge is -2.03. The fourth-order valence-electron chi connectivity index (χ4n) is 1.00. The Morgan fingerprint density at radius 3 is 2.38 bits per heavy atom. The number of carboxylic acid groups (broad SMARTS) is 1. The molecule has 0 heterocycles. The highest BCUT2D eigenvalue weighted by Crippen LogP contribution is 2.11. The summed E-state index contributed by atoms with van der Waals surface area (Å²) in [5.74, 6) is -1.91. The molecule has 4 nitrogen and oxygen atoms in total. The maximum atomic E-state index is 11.4. The Morgan fingerprint density at radius 1 is 1.31 bits per heavy atom. The van der Waals surface area contributed by atoms with E-state index in [0.717, 1.165) is 5.56 Å². The van der Waals surface area contributed by atoms with Crippen LogP contribution in [-0.4, -0.2) is 17.0 Å². The van der Waals surface area contributed by atoms with Crippen molar-refractivity contribution in [2.75, 3.05) is 5.32 Å². The summed E-state index contributed by atoms with van der Waals surface area (Å²) < 4.78 is 0. The summed E-state index contributed by atoms with van der Waals surface area (Å²) in [7, 11) is 0. The van der Waals surface area contributed by atoms with Crippen molar-refractivity contribution in [2.45, 2.75) is 6.92 Å². The Bertz CT molecular complexity index is 437. The van der Waals surface area contributed by atoms with Gasteiger partial charge in [-0.15, -0.1) is 0 Å². The molecule has 0 bridgehead atoms. The molecular weight excluding hydrogens is 230 g/mol. The number of benzene rings is 1. The number of hydrogen-bond acceptors (Lipinski definition) is 2. The van der Waals surface area contributed by atoms with E-state index in [1.807, 2.05) is 19.1 Å². The van der Waals surface area contributed by atoms with Crippen LogP contribution in [0.1, 0.15) is 5.56 Å². The van der Waals surface area contributed by atoms with Gasteiger partial charge in [0, 0.05) is 11.8 Å². The summed E-state index contributed by atoms with van der Waals surface area (Å²) >= 11 is 5.48. The summed E-state index contributed by atoms with van der Waals surface area (Å²) in [5, 5.41) is 10.5. The number of aliphatic carboxylic acids is 1. The van der Waals surface area contributed by atoms with Gasteiger partial charge in [-0.05, 0) is 19.1 Å². The number of aryl methyl sites for hydroxylation is 1. The van der Waals surface area contributed by atoms with E-state index >= 15 is 0 Å². The molecule has 1 amide bonds. The van der Waals surface area contributed by atoms with Crippen LogP contribution < -0.4 is 5.32 Å². The van der Waals surface area contributed by atoms with Crippen molar-refractivity contribution < 1.29 is 14.7 Å². The molecule has 16 heavy (non-hydrogen) atoms. The van der Waals surface area contributed by atoms with Gasteiger partial charge in [-0.1, -0.05) is 29.3 Å². The van der Waals surface area contributed by atoms with Crippen LogP contribution in [0.2, 0.25) is 0 Å². The maximum Gasteiger partial charge on any atom is 0.330 e. The van der Waals surface area contributed by atoms with Gasteiger partial charge >= 0.3 is 5.97 Å². The molecule has 0 aromatic heterocycles. The number of carboxylic acids is 1. The number of carbonyl (C=O) groups is 2. The van der Waals surface area contributed by atoms with Gasteiger partial charge in [0.25, 0.3) is 5.91 Å². The molecule has 5 heteroatoms. The summed E-state index contributed by atoms with van der Waals surface area (Å²) in [6.45, 7) is 1.92. The van der Waals surface area contributed by atoms with Crippen LogP contribution in [0.3, 0.4) is 0 Å². The average molecular weight is 240 g/mol. The smallest absolute Gasteiger partial charge is 0.330 e. The number of halogens is 1. The van der Waals surface area contributed by atoms with E-state index in [0.29, 0.717) is 11.8 Å². The third-order valence-electron chi connectivity index (χ3n) is 1.78. The zero-order valence-electron chi connectivity index (χ0n) is 8.53. The number of carbonyl (C=O) groups excluding carboxylic acids is 1. The zero-order valence-corrected chi connectivity index (χ0v) is 9.28. The van der Waals surface area contributed by atoms with Gasteiger partial charge in [-0.25, -0.2) is 4.79 Å². The Hall–Kier alpha value is -1.81. The number of hydrogen-bond donors (Lipinski definition) is 2. The van der Waals surface area contributed by atoms with Gasteiger partial charge in [0.2, 0.25) is 0 Å². The highest BCUT2D eigenvalue weighted by molar-refractivity contribution is 6.44. The second kappa shape index (κ2) is 5.32. The number of nitrogens with one attached hydrogen (secondary N) is 1. The van der Waals surface area contributed by atoms with Crippen LogP contribution in [-0.2, 0) is 9.59 Å². The largest absolute Gasteiger partial charge is 0.478 e. The van der Waals surface area contributed by atoms with Crippen LogP contribution in [0.5, 0.6) is 0 Å². The molecule has 0 saturated heterocycles. The quantitative estimate of drug-likeness (QED) is 0.795. The average Bonchev–Trinajstić information content (AvgIpc) is 2.20. The lowest BCUT2D eigenvalue weighted by Crippen LogP contribution is -2.12. The second-order valence-corrected chi connectivity index (χ2v) is 3.56. The first kappa shape index (κ1) is 12.3. The van der Waals surface area contributed by atoms with Gasteiger partial charge in [0.1, 0.15) is 5.03 Å². The van der Waals surface area contributed by atoms with E-state index in [9.17, 15) is 9.59 Å². The molecular formula is C11H10ClNO3. The van der Waals surface area contributed by atoms with Crippen LogP contribution in [0.25, 0.3) is 0 Å². The van der Waals surface area contributed by atoms with Crippen molar-refractivity contribution in [3.63, 3.8) is 0 Å². The molecule has 84 valence electrons. The predicted octanol–water partition coefficient (Wildman–Crippen LogP) is 2.14. The van der Waals surface area contributed by atoms with Crippen LogP contribution >= 0.6 is 11.6 Å². The van der Waals surface area contributed by atoms with E-state index in [-0.39, 0.29) is 5.03 Å². The summed E-state index contributed by atoms with van der Waals surface area (Å²) in [4.78, 5) is 21.6. The zero-order chi connectivity index (χ0) is 12.1. The molecule has 0 radical (unpaired) electrons. The predicted molar refractivity (Wildman–Crippen MR) is 61.4 cm³/mol. The van der Waals surface area contributed by atoms with Crippen molar-refractivity contribution in [3.05, 3.63) is 40.9 Å². The summed E-state index contributed by atoms with van der Waals surface area (Å²) in [6, 6.07) is 7.06. The fourth-order valence-corrected chi connectivity index (χ4v) is 1.14. The van der Waals surface area contributed by atoms with E-state index in [4.69, 9.17) is 16.7 Å². The SMILES string of the molecule is Cc1ccc(NC(=O)C(Cl)=CC(=O)O)cc1. The fraction of sp³-hybridized carbons (Fsp3) is 0.0909.